The molecule has 0 bridgehead atoms. The van der Waals surface area contributed by atoms with Crippen LogP contribution in [-0.2, 0) is 11.3 Å². The number of hydrogen-bond donors (Lipinski definition) is 1. The van der Waals surface area contributed by atoms with Crippen molar-refractivity contribution in [1.82, 2.24) is 5.16 Å². The molecular formula is C14H16N2O3. The molecule has 1 heterocycles. The van der Waals surface area contributed by atoms with E-state index in [2.05, 4.69) is 10.1 Å². The van der Waals surface area contributed by atoms with Crippen molar-refractivity contribution in [1.29, 1.82) is 0 Å². The fourth-order valence-corrected chi connectivity index (χ4v) is 1.87. The average molecular weight is 260 g/mol. The molecule has 5 nitrogen and oxygen atoms in total. The van der Waals surface area contributed by atoms with Crippen molar-refractivity contribution >= 4 is 11.7 Å². The minimum Gasteiger partial charge on any atom is -0.481 e. The number of para-hydroxylation sites is 1. The zero-order valence-electron chi connectivity index (χ0n) is 10.5. The molecule has 19 heavy (non-hydrogen) atoms. The Kier molecular flexibility index (Phi) is 4.55. The molecule has 2 rings (SSSR count). The number of anilines is 1. The van der Waals surface area contributed by atoms with Gasteiger partial charge < -0.3 is 14.5 Å². The van der Waals surface area contributed by atoms with Crippen LogP contribution in [0.15, 0.2) is 47.1 Å². The Morgan fingerprint density at radius 1 is 1.26 bits per heavy atom. The van der Waals surface area contributed by atoms with Gasteiger partial charge in [-0.3, -0.25) is 4.79 Å². The maximum Gasteiger partial charge on any atom is 0.303 e. The molecule has 0 aliphatic rings. The highest BCUT2D eigenvalue weighted by Gasteiger charge is 2.10. The highest BCUT2D eigenvalue weighted by molar-refractivity contribution is 5.66. The summed E-state index contributed by atoms with van der Waals surface area (Å²) in [6.07, 6.45) is 2.37. The van der Waals surface area contributed by atoms with Crippen LogP contribution in [0, 0.1) is 0 Å². The van der Waals surface area contributed by atoms with Crippen molar-refractivity contribution in [2.24, 2.45) is 0 Å². The number of carbonyl (C=O) groups is 1. The van der Waals surface area contributed by atoms with Gasteiger partial charge in [0.1, 0.15) is 0 Å². The molecule has 1 aromatic carbocycles. The van der Waals surface area contributed by atoms with Crippen LogP contribution >= 0.6 is 0 Å². The largest absolute Gasteiger partial charge is 0.481 e. The van der Waals surface area contributed by atoms with Gasteiger partial charge in [-0.05, 0) is 18.6 Å². The number of hydrogen-bond acceptors (Lipinski definition) is 4. The fourth-order valence-electron chi connectivity index (χ4n) is 1.87. The second kappa shape index (κ2) is 6.58. The SMILES string of the molecule is O=C(O)CCCN(Cc1ccno1)c1ccccc1. The summed E-state index contributed by atoms with van der Waals surface area (Å²) in [5.74, 6) is -0.00754. The molecule has 0 spiro atoms. The van der Waals surface area contributed by atoms with E-state index in [1.165, 1.54) is 0 Å². The van der Waals surface area contributed by atoms with E-state index in [-0.39, 0.29) is 6.42 Å². The van der Waals surface area contributed by atoms with Gasteiger partial charge in [-0.25, -0.2) is 0 Å². The van der Waals surface area contributed by atoms with Gasteiger partial charge in [-0.1, -0.05) is 23.4 Å². The first-order valence-electron chi connectivity index (χ1n) is 6.17. The minimum absolute atomic E-state index is 0.166. The zero-order valence-corrected chi connectivity index (χ0v) is 10.5. The van der Waals surface area contributed by atoms with Crippen LogP contribution in [0.4, 0.5) is 5.69 Å². The van der Waals surface area contributed by atoms with Crippen LogP contribution in [0.5, 0.6) is 0 Å². The van der Waals surface area contributed by atoms with E-state index >= 15 is 0 Å². The number of aliphatic carboxylic acids is 1. The first-order valence-corrected chi connectivity index (χ1v) is 6.17. The molecule has 0 unspecified atom stereocenters. The van der Waals surface area contributed by atoms with Crippen LogP contribution in [0.3, 0.4) is 0 Å². The monoisotopic (exact) mass is 260 g/mol. The maximum atomic E-state index is 10.6. The lowest BCUT2D eigenvalue weighted by Gasteiger charge is -2.23. The molecule has 1 aromatic heterocycles. The second-order valence-corrected chi connectivity index (χ2v) is 4.23. The van der Waals surface area contributed by atoms with Crippen LogP contribution < -0.4 is 4.90 Å². The van der Waals surface area contributed by atoms with Crippen molar-refractivity contribution < 1.29 is 14.4 Å². The molecule has 0 amide bonds. The van der Waals surface area contributed by atoms with Gasteiger partial charge in [-0.2, -0.15) is 0 Å². The van der Waals surface area contributed by atoms with E-state index in [0.29, 0.717) is 19.5 Å². The van der Waals surface area contributed by atoms with E-state index in [9.17, 15) is 4.79 Å². The molecule has 0 saturated heterocycles. The topological polar surface area (TPSA) is 66.6 Å². The summed E-state index contributed by atoms with van der Waals surface area (Å²) in [7, 11) is 0. The number of aromatic nitrogens is 1. The molecule has 5 heteroatoms. The van der Waals surface area contributed by atoms with E-state index in [1.54, 1.807) is 6.20 Å². The van der Waals surface area contributed by atoms with Crippen molar-refractivity contribution in [3.05, 3.63) is 48.4 Å². The smallest absolute Gasteiger partial charge is 0.303 e. The van der Waals surface area contributed by atoms with Gasteiger partial charge >= 0.3 is 5.97 Å². The Balaban J connectivity index is 2.02. The Morgan fingerprint density at radius 3 is 2.68 bits per heavy atom. The first-order chi connectivity index (χ1) is 9.25. The summed E-state index contributed by atoms with van der Waals surface area (Å²) in [5.41, 5.74) is 1.05. The number of nitrogens with zero attached hydrogens (tertiary/aromatic N) is 2. The first kappa shape index (κ1) is 13.1. The van der Waals surface area contributed by atoms with Crippen LogP contribution in [-0.4, -0.2) is 22.8 Å². The summed E-state index contributed by atoms with van der Waals surface area (Å²) >= 11 is 0. The summed E-state index contributed by atoms with van der Waals surface area (Å²) in [5, 5.41) is 12.4. The average Bonchev–Trinajstić information content (AvgIpc) is 2.91. The zero-order chi connectivity index (χ0) is 13.5. The normalized spacial score (nSPS) is 10.3. The van der Waals surface area contributed by atoms with Gasteiger partial charge in [0.15, 0.2) is 5.76 Å². The Bertz CT molecular complexity index is 497. The lowest BCUT2D eigenvalue weighted by Crippen LogP contribution is -2.24. The van der Waals surface area contributed by atoms with E-state index in [0.717, 1.165) is 11.4 Å². The van der Waals surface area contributed by atoms with E-state index in [1.807, 2.05) is 36.4 Å². The number of carboxylic acid groups (broad SMARTS) is 1. The molecule has 100 valence electrons. The molecule has 0 aliphatic carbocycles. The summed E-state index contributed by atoms with van der Waals surface area (Å²) in [6.45, 7) is 1.25. The molecule has 0 radical (unpaired) electrons. The van der Waals surface area contributed by atoms with Crippen molar-refractivity contribution in [2.75, 3.05) is 11.4 Å². The predicted molar refractivity (Wildman–Crippen MR) is 70.9 cm³/mol. The van der Waals surface area contributed by atoms with Gasteiger partial charge in [0, 0.05) is 24.7 Å². The quantitative estimate of drug-likeness (QED) is 0.828. The van der Waals surface area contributed by atoms with Gasteiger partial charge in [0.25, 0.3) is 0 Å². The van der Waals surface area contributed by atoms with Gasteiger partial charge in [-0.15, -0.1) is 0 Å². The van der Waals surface area contributed by atoms with Crippen LogP contribution in [0.2, 0.25) is 0 Å². The molecule has 0 atom stereocenters. The molecule has 0 aliphatic heterocycles. The fraction of sp³-hybridized carbons (Fsp3) is 0.286. The number of carboxylic acids is 1. The van der Waals surface area contributed by atoms with E-state index in [4.69, 9.17) is 9.63 Å². The molecule has 2 aromatic rings. The van der Waals surface area contributed by atoms with Crippen LogP contribution in [0.25, 0.3) is 0 Å². The minimum atomic E-state index is -0.771. The van der Waals surface area contributed by atoms with Crippen molar-refractivity contribution in [3.8, 4) is 0 Å². The third-order valence-corrected chi connectivity index (χ3v) is 2.78. The maximum absolute atomic E-state index is 10.6. The standard InChI is InChI=1S/C14H16N2O3/c17-14(18)7-4-10-16(11-13-8-9-15-19-13)12-5-2-1-3-6-12/h1-3,5-6,8-9H,4,7,10-11H2,(H,17,18). The van der Waals surface area contributed by atoms with Gasteiger partial charge in [0.2, 0.25) is 0 Å². The molecular weight excluding hydrogens is 244 g/mol. The van der Waals surface area contributed by atoms with Crippen molar-refractivity contribution in [3.63, 3.8) is 0 Å². The second-order valence-electron chi connectivity index (χ2n) is 4.23. The van der Waals surface area contributed by atoms with Crippen LogP contribution in [0.1, 0.15) is 18.6 Å². The summed E-state index contributed by atoms with van der Waals surface area (Å²) in [4.78, 5) is 12.7. The summed E-state index contributed by atoms with van der Waals surface area (Å²) < 4.78 is 5.10. The highest BCUT2D eigenvalue weighted by Crippen LogP contribution is 2.17. The molecule has 0 fully saturated rings. The Morgan fingerprint density at radius 2 is 2.05 bits per heavy atom. The Hall–Kier alpha value is -2.30. The van der Waals surface area contributed by atoms with E-state index < -0.39 is 5.97 Å². The number of rotatable bonds is 7. The third kappa shape index (κ3) is 4.13. The number of benzene rings is 1. The Labute approximate surface area is 111 Å². The lowest BCUT2D eigenvalue weighted by molar-refractivity contribution is -0.137. The van der Waals surface area contributed by atoms with Gasteiger partial charge in [0.05, 0.1) is 12.7 Å². The summed E-state index contributed by atoms with van der Waals surface area (Å²) in [6, 6.07) is 11.7. The molecule has 1 N–H and O–H groups in total. The van der Waals surface area contributed by atoms with Crippen molar-refractivity contribution in [2.45, 2.75) is 19.4 Å². The molecule has 0 saturated carbocycles. The predicted octanol–water partition coefficient (Wildman–Crippen LogP) is 2.55. The third-order valence-electron chi connectivity index (χ3n) is 2.78. The lowest BCUT2D eigenvalue weighted by atomic mass is 10.2. The highest BCUT2D eigenvalue weighted by atomic mass is 16.5.